The monoisotopic (exact) mass is 210 g/mol. The summed E-state index contributed by atoms with van der Waals surface area (Å²) in [6.07, 6.45) is 0. The molecule has 1 amide bonds. The van der Waals surface area contributed by atoms with Crippen LogP contribution < -0.4 is 11.5 Å². The summed E-state index contributed by atoms with van der Waals surface area (Å²) in [5.74, 6) is -2.26. The van der Waals surface area contributed by atoms with Gasteiger partial charge in [0.25, 0.3) is 5.91 Å². The van der Waals surface area contributed by atoms with Crippen molar-refractivity contribution in [3.63, 3.8) is 0 Å². The van der Waals surface area contributed by atoms with Crippen LogP contribution in [0.25, 0.3) is 11.0 Å². The number of aromatic hydroxyl groups is 1. The van der Waals surface area contributed by atoms with Crippen LogP contribution in [-0.4, -0.2) is 11.0 Å². The molecule has 0 saturated heterocycles. The fourth-order valence-electron chi connectivity index (χ4n) is 1.35. The number of furan rings is 1. The molecule has 0 atom stereocenters. The minimum absolute atomic E-state index is 0.0531. The zero-order chi connectivity index (χ0) is 11.2. The zero-order valence-corrected chi connectivity index (χ0v) is 7.45. The molecule has 0 saturated carbocycles. The van der Waals surface area contributed by atoms with Gasteiger partial charge in [-0.15, -0.1) is 0 Å². The summed E-state index contributed by atoms with van der Waals surface area (Å²) in [5.41, 5.74) is 10.4. The lowest BCUT2D eigenvalue weighted by atomic mass is 10.2. The van der Waals surface area contributed by atoms with Gasteiger partial charge >= 0.3 is 0 Å². The Balaban J connectivity index is 2.88. The number of nitrogens with two attached hydrogens (primary N) is 2. The van der Waals surface area contributed by atoms with Crippen molar-refractivity contribution in [3.8, 4) is 5.75 Å². The van der Waals surface area contributed by atoms with E-state index in [1.807, 2.05) is 0 Å². The number of primary amides is 1. The van der Waals surface area contributed by atoms with Crippen molar-refractivity contribution in [1.29, 1.82) is 0 Å². The number of benzene rings is 1. The van der Waals surface area contributed by atoms with Gasteiger partial charge < -0.3 is 21.0 Å². The smallest absolute Gasteiger partial charge is 0.286 e. The molecule has 0 aliphatic carbocycles. The van der Waals surface area contributed by atoms with E-state index in [1.54, 1.807) is 0 Å². The van der Waals surface area contributed by atoms with Crippen molar-refractivity contribution < 1.29 is 18.7 Å². The zero-order valence-electron chi connectivity index (χ0n) is 7.45. The Morgan fingerprint density at radius 1 is 1.47 bits per heavy atom. The van der Waals surface area contributed by atoms with Crippen molar-refractivity contribution in [3.05, 3.63) is 23.7 Å². The Bertz CT molecular complexity index is 562. The molecular weight excluding hydrogens is 203 g/mol. The average molecular weight is 210 g/mol. The fraction of sp³-hybridized carbons (Fsp3) is 0. The molecular formula is C9H7FN2O3. The summed E-state index contributed by atoms with van der Waals surface area (Å²) in [4.78, 5) is 10.9. The minimum Gasteiger partial charge on any atom is -0.504 e. The lowest BCUT2D eigenvalue weighted by Gasteiger charge is -1.93. The minimum atomic E-state index is -0.872. The van der Waals surface area contributed by atoms with E-state index in [9.17, 15) is 14.3 Å². The predicted molar refractivity (Wildman–Crippen MR) is 50.8 cm³/mol. The summed E-state index contributed by atoms with van der Waals surface area (Å²) in [6, 6.07) is 1.91. The maximum absolute atomic E-state index is 12.9. The highest BCUT2D eigenvalue weighted by Gasteiger charge is 2.18. The van der Waals surface area contributed by atoms with Gasteiger partial charge in [0.15, 0.2) is 11.3 Å². The third-order valence-electron chi connectivity index (χ3n) is 2.00. The molecule has 6 heteroatoms. The van der Waals surface area contributed by atoms with Crippen molar-refractivity contribution in [2.24, 2.45) is 5.73 Å². The lowest BCUT2D eigenvalue weighted by Crippen LogP contribution is -2.11. The number of phenolic OH excluding ortho intramolecular Hbond substituents is 1. The summed E-state index contributed by atoms with van der Waals surface area (Å²) in [7, 11) is 0. The van der Waals surface area contributed by atoms with Crippen LogP contribution in [0.3, 0.4) is 0 Å². The van der Waals surface area contributed by atoms with Crippen LogP contribution in [0, 0.1) is 5.82 Å². The van der Waals surface area contributed by atoms with Gasteiger partial charge in [-0.3, -0.25) is 4.79 Å². The summed E-state index contributed by atoms with van der Waals surface area (Å²) >= 11 is 0. The molecule has 0 spiro atoms. The molecule has 0 unspecified atom stereocenters. The first-order valence-corrected chi connectivity index (χ1v) is 4.01. The van der Waals surface area contributed by atoms with Gasteiger partial charge in [0.05, 0.1) is 11.1 Å². The molecule has 0 aliphatic rings. The van der Waals surface area contributed by atoms with Crippen molar-refractivity contribution >= 4 is 22.6 Å². The van der Waals surface area contributed by atoms with E-state index in [-0.39, 0.29) is 22.4 Å². The Kier molecular flexibility index (Phi) is 1.79. The van der Waals surface area contributed by atoms with E-state index in [2.05, 4.69) is 0 Å². The molecule has 5 N–H and O–H groups in total. The van der Waals surface area contributed by atoms with Crippen molar-refractivity contribution in [1.82, 2.24) is 0 Å². The van der Waals surface area contributed by atoms with Crippen LogP contribution >= 0.6 is 0 Å². The standard InChI is InChI=1S/C9H7FN2O3/c10-3-1-4-6(11)8(9(12)14)15-7(4)5(13)2-3/h1-2,13H,11H2,(H2,12,14). The molecule has 0 fully saturated rings. The van der Waals surface area contributed by atoms with Gasteiger partial charge in [-0.05, 0) is 6.07 Å². The Morgan fingerprint density at radius 2 is 2.13 bits per heavy atom. The maximum atomic E-state index is 12.9. The van der Waals surface area contributed by atoms with E-state index in [0.717, 1.165) is 12.1 Å². The molecule has 1 aromatic carbocycles. The second kappa shape index (κ2) is 2.88. The van der Waals surface area contributed by atoms with Gasteiger partial charge in [0.1, 0.15) is 5.82 Å². The molecule has 15 heavy (non-hydrogen) atoms. The molecule has 0 bridgehead atoms. The third kappa shape index (κ3) is 1.26. The number of rotatable bonds is 1. The second-order valence-electron chi connectivity index (χ2n) is 3.01. The molecule has 1 aromatic heterocycles. The summed E-state index contributed by atoms with van der Waals surface area (Å²) < 4.78 is 17.8. The Hall–Kier alpha value is -2.24. The predicted octanol–water partition coefficient (Wildman–Crippen LogP) is 0.959. The van der Waals surface area contributed by atoms with E-state index in [0.29, 0.717) is 0 Å². The lowest BCUT2D eigenvalue weighted by molar-refractivity contribution is 0.0977. The van der Waals surface area contributed by atoms with E-state index >= 15 is 0 Å². The van der Waals surface area contributed by atoms with Gasteiger partial charge in [-0.25, -0.2) is 4.39 Å². The van der Waals surface area contributed by atoms with Crippen LogP contribution in [0.1, 0.15) is 10.6 Å². The van der Waals surface area contributed by atoms with Crippen LogP contribution in [0.2, 0.25) is 0 Å². The number of fused-ring (bicyclic) bond motifs is 1. The van der Waals surface area contributed by atoms with Gasteiger partial charge in [0.2, 0.25) is 5.76 Å². The van der Waals surface area contributed by atoms with Gasteiger partial charge in [0, 0.05) is 6.07 Å². The number of phenols is 1. The average Bonchev–Trinajstić information content (AvgIpc) is 2.44. The quantitative estimate of drug-likeness (QED) is 0.652. The number of halogens is 1. The summed E-state index contributed by atoms with van der Waals surface area (Å²) in [5, 5.41) is 9.46. The molecule has 0 radical (unpaired) electrons. The van der Waals surface area contributed by atoms with Crippen LogP contribution in [0.4, 0.5) is 10.1 Å². The first-order chi connectivity index (χ1) is 7.00. The molecule has 1 heterocycles. The third-order valence-corrected chi connectivity index (χ3v) is 2.00. The second-order valence-corrected chi connectivity index (χ2v) is 3.01. The van der Waals surface area contributed by atoms with Crippen LogP contribution in [-0.2, 0) is 0 Å². The van der Waals surface area contributed by atoms with E-state index in [4.69, 9.17) is 15.9 Å². The summed E-state index contributed by atoms with van der Waals surface area (Å²) in [6.45, 7) is 0. The Morgan fingerprint density at radius 3 is 2.73 bits per heavy atom. The largest absolute Gasteiger partial charge is 0.504 e. The highest BCUT2D eigenvalue weighted by atomic mass is 19.1. The maximum Gasteiger partial charge on any atom is 0.286 e. The number of carbonyl (C=O) groups is 1. The first kappa shape index (κ1) is 9.32. The number of nitrogen functional groups attached to an aromatic ring is 1. The van der Waals surface area contributed by atoms with Crippen molar-refractivity contribution in [2.75, 3.05) is 5.73 Å². The van der Waals surface area contributed by atoms with E-state index < -0.39 is 17.5 Å². The number of hydrogen-bond donors (Lipinski definition) is 3. The number of hydrogen-bond acceptors (Lipinski definition) is 4. The molecule has 0 aliphatic heterocycles. The number of anilines is 1. The first-order valence-electron chi connectivity index (χ1n) is 4.01. The highest BCUT2D eigenvalue weighted by molar-refractivity contribution is 6.05. The number of amides is 1. The molecule has 2 rings (SSSR count). The molecule has 5 nitrogen and oxygen atoms in total. The van der Waals surface area contributed by atoms with Gasteiger partial charge in [-0.2, -0.15) is 0 Å². The molecule has 78 valence electrons. The Labute approximate surface area is 83.1 Å². The van der Waals surface area contributed by atoms with E-state index in [1.165, 1.54) is 0 Å². The van der Waals surface area contributed by atoms with Crippen LogP contribution in [0.15, 0.2) is 16.5 Å². The highest BCUT2D eigenvalue weighted by Crippen LogP contribution is 2.34. The molecule has 2 aromatic rings. The van der Waals surface area contributed by atoms with Gasteiger partial charge in [-0.1, -0.05) is 0 Å². The van der Waals surface area contributed by atoms with Crippen molar-refractivity contribution in [2.45, 2.75) is 0 Å². The SMILES string of the molecule is NC(=O)c1oc2c(O)cc(F)cc2c1N. The number of carbonyl (C=O) groups excluding carboxylic acids is 1. The normalized spacial score (nSPS) is 10.7. The fourth-order valence-corrected chi connectivity index (χ4v) is 1.35. The topological polar surface area (TPSA) is 102 Å². The van der Waals surface area contributed by atoms with Crippen LogP contribution in [0.5, 0.6) is 5.75 Å².